The first-order chi connectivity index (χ1) is 9.80. The molecule has 1 unspecified atom stereocenters. The van der Waals surface area contributed by atoms with Crippen LogP contribution < -0.4 is 0 Å². The van der Waals surface area contributed by atoms with Gasteiger partial charge in [-0.05, 0) is 25.7 Å². The number of aromatic nitrogens is 1. The molecule has 1 N–H and O–H groups in total. The fraction of sp³-hybridized carbons (Fsp3) is 0.800. The summed E-state index contributed by atoms with van der Waals surface area (Å²) in [5.74, 6) is 0. The van der Waals surface area contributed by atoms with Crippen molar-refractivity contribution < 1.29 is 5.11 Å². The quantitative estimate of drug-likeness (QED) is 0.894. The highest BCUT2D eigenvalue weighted by molar-refractivity contribution is 7.11. The fourth-order valence-electron chi connectivity index (χ4n) is 3.29. The molecular weight excluding hydrogens is 270 g/mol. The van der Waals surface area contributed by atoms with Gasteiger partial charge >= 0.3 is 0 Å². The molecule has 0 radical (unpaired) electrons. The lowest BCUT2D eigenvalue weighted by Crippen LogP contribution is -2.50. The highest BCUT2D eigenvalue weighted by Crippen LogP contribution is 2.28. The van der Waals surface area contributed by atoms with Crippen molar-refractivity contribution in [3.8, 4) is 0 Å². The Hall–Kier alpha value is -0.490. The first-order valence-corrected chi connectivity index (χ1v) is 8.66. The third-order valence-electron chi connectivity index (χ3n) is 4.60. The second-order valence-electron chi connectivity index (χ2n) is 5.89. The average molecular weight is 295 g/mol. The van der Waals surface area contributed by atoms with Crippen LogP contribution in [0, 0.1) is 0 Å². The van der Waals surface area contributed by atoms with Gasteiger partial charge in [-0.2, -0.15) is 0 Å². The van der Waals surface area contributed by atoms with Crippen LogP contribution in [0.4, 0.5) is 0 Å². The van der Waals surface area contributed by atoms with Gasteiger partial charge in [-0.3, -0.25) is 9.80 Å². The van der Waals surface area contributed by atoms with Gasteiger partial charge in [-0.1, -0.05) is 6.92 Å². The first kappa shape index (κ1) is 14.4. The summed E-state index contributed by atoms with van der Waals surface area (Å²) in [6.07, 6.45) is 4.77. The van der Waals surface area contributed by atoms with E-state index in [1.165, 1.54) is 34.8 Å². The van der Waals surface area contributed by atoms with Crippen molar-refractivity contribution in [1.29, 1.82) is 0 Å². The van der Waals surface area contributed by atoms with Gasteiger partial charge in [0.05, 0.1) is 18.8 Å². The van der Waals surface area contributed by atoms with E-state index in [1.807, 2.05) is 11.3 Å². The van der Waals surface area contributed by atoms with E-state index in [0.717, 1.165) is 39.1 Å². The molecule has 5 heteroatoms. The molecule has 112 valence electrons. The van der Waals surface area contributed by atoms with Gasteiger partial charge in [0.15, 0.2) is 0 Å². The summed E-state index contributed by atoms with van der Waals surface area (Å²) >= 11 is 1.93. The Balaban J connectivity index is 1.50. The molecule has 0 aromatic carbocycles. The minimum absolute atomic E-state index is 0.287. The SMILES string of the molecule is CCC(CO)N1CCN(Cc2nc3c(s2)CCC3)CC1. The Bertz CT molecular complexity index is 415. The zero-order valence-corrected chi connectivity index (χ0v) is 13.2. The number of rotatable bonds is 5. The number of aliphatic hydroxyl groups excluding tert-OH is 1. The molecule has 3 rings (SSSR count). The zero-order valence-electron chi connectivity index (χ0n) is 12.3. The predicted octanol–water partition coefficient (Wildman–Crippen LogP) is 1.52. The van der Waals surface area contributed by atoms with E-state index in [1.54, 1.807) is 0 Å². The second kappa shape index (κ2) is 6.52. The van der Waals surface area contributed by atoms with Gasteiger partial charge in [0.2, 0.25) is 0 Å². The lowest BCUT2D eigenvalue weighted by molar-refractivity contribution is 0.0608. The van der Waals surface area contributed by atoms with Crippen molar-refractivity contribution >= 4 is 11.3 Å². The molecule has 2 heterocycles. The molecule has 1 aromatic rings. The lowest BCUT2D eigenvalue weighted by atomic mass is 10.1. The standard InChI is InChI=1S/C15H25N3OS/c1-2-12(11-19)18-8-6-17(7-9-18)10-15-16-13-4-3-5-14(13)20-15/h12,19H,2-11H2,1H3. The summed E-state index contributed by atoms with van der Waals surface area (Å²) in [5.41, 5.74) is 1.37. The van der Waals surface area contributed by atoms with Crippen molar-refractivity contribution in [3.63, 3.8) is 0 Å². The van der Waals surface area contributed by atoms with Crippen LogP contribution in [0.5, 0.6) is 0 Å². The normalized spacial score (nSPS) is 22.1. The molecule has 1 atom stereocenters. The molecular formula is C15H25N3OS. The molecule has 1 aliphatic heterocycles. The smallest absolute Gasteiger partial charge is 0.107 e. The van der Waals surface area contributed by atoms with Crippen molar-refractivity contribution in [3.05, 3.63) is 15.6 Å². The van der Waals surface area contributed by atoms with E-state index in [4.69, 9.17) is 4.98 Å². The maximum Gasteiger partial charge on any atom is 0.107 e. The molecule has 0 amide bonds. The molecule has 4 nitrogen and oxygen atoms in total. The monoisotopic (exact) mass is 295 g/mol. The van der Waals surface area contributed by atoms with Gasteiger partial charge in [0.25, 0.3) is 0 Å². The van der Waals surface area contributed by atoms with E-state index in [2.05, 4.69) is 16.7 Å². The number of aryl methyl sites for hydroxylation is 2. The molecule has 0 saturated carbocycles. The van der Waals surface area contributed by atoms with Crippen LogP contribution in [0.1, 0.15) is 35.3 Å². The number of fused-ring (bicyclic) bond motifs is 1. The minimum atomic E-state index is 0.287. The van der Waals surface area contributed by atoms with E-state index < -0.39 is 0 Å². The zero-order chi connectivity index (χ0) is 13.9. The van der Waals surface area contributed by atoms with Crippen LogP contribution in [0.25, 0.3) is 0 Å². The Morgan fingerprint density at radius 1 is 1.25 bits per heavy atom. The number of aliphatic hydroxyl groups is 1. The number of hydrogen-bond acceptors (Lipinski definition) is 5. The van der Waals surface area contributed by atoms with Crippen molar-refractivity contribution in [2.24, 2.45) is 0 Å². The van der Waals surface area contributed by atoms with Crippen LogP contribution in [0.15, 0.2) is 0 Å². The fourth-order valence-corrected chi connectivity index (χ4v) is 4.49. The van der Waals surface area contributed by atoms with E-state index in [-0.39, 0.29) is 6.61 Å². The Morgan fingerprint density at radius 2 is 2.05 bits per heavy atom. The molecule has 20 heavy (non-hydrogen) atoms. The van der Waals surface area contributed by atoms with E-state index in [9.17, 15) is 5.11 Å². The highest BCUT2D eigenvalue weighted by Gasteiger charge is 2.23. The number of piperazine rings is 1. The molecule has 1 aromatic heterocycles. The summed E-state index contributed by atoms with van der Waals surface area (Å²) in [6, 6.07) is 0.348. The van der Waals surface area contributed by atoms with Crippen LogP contribution >= 0.6 is 11.3 Å². The topological polar surface area (TPSA) is 39.6 Å². The number of nitrogens with zero attached hydrogens (tertiary/aromatic N) is 3. The Labute approximate surface area is 125 Å². The summed E-state index contributed by atoms with van der Waals surface area (Å²) in [6.45, 7) is 7.80. The van der Waals surface area contributed by atoms with E-state index >= 15 is 0 Å². The van der Waals surface area contributed by atoms with Gasteiger partial charge in [0, 0.05) is 37.1 Å². The summed E-state index contributed by atoms with van der Waals surface area (Å²) in [4.78, 5) is 11.3. The van der Waals surface area contributed by atoms with Gasteiger partial charge in [0.1, 0.15) is 5.01 Å². The molecule has 2 aliphatic rings. The maximum atomic E-state index is 9.38. The largest absolute Gasteiger partial charge is 0.395 e. The molecule has 1 saturated heterocycles. The predicted molar refractivity (Wildman–Crippen MR) is 82.2 cm³/mol. The van der Waals surface area contributed by atoms with Gasteiger partial charge in [-0.25, -0.2) is 4.98 Å². The minimum Gasteiger partial charge on any atom is -0.395 e. The average Bonchev–Trinajstić information content (AvgIpc) is 3.03. The third kappa shape index (κ3) is 3.06. The van der Waals surface area contributed by atoms with Crippen molar-refractivity contribution in [2.45, 2.75) is 45.2 Å². The van der Waals surface area contributed by atoms with Crippen LogP contribution in [-0.4, -0.2) is 58.7 Å². The molecule has 0 bridgehead atoms. The summed E-state index contributed by atoms with van der Waals surface area (Å²) in [7, 11) is 0. The third-order valence-corrected chi connectivity index (χ3v) is 5.75. The van der Waals surface area contributed by atoms with Crippen LogP contribution in [0.3, 0.4) is 0 Å². The Kier molecular flexibility index (Phi) is 4.71. The number of hydrogen-bond donors (Lipinski definition) is 1. The van der Waals surface area contributed by atoms with Crippen molar-refractivity contribution in [1.82, 2.24) is 14.8 Å². The highest BCUT2D eigenvalue weighted by atomic mass is 32.1. The van der Waals surface area contributed by atoms with E-state index in [0.29, 0.717) is 6.04 Å². The van der Waals surface area contributed by atoms with Gasteiger partial charge in [-0.15, -0.1) is 11.3 Å². The summed E-state index contributed by atoms with van der Waals surface area (Å²) in [5, 5.41) is 10.7. The summed E-state index contributed by atoms with van der Waals surface area (Å²) < 4.78 is 0. The van der Waals surface area contributed by atoms with Crippen molar-refractivity contribution in [2.75, 3.05) is 32.8 Å². The van der Waals surface area contributed by atoms with Crippen LogP contribution in [-0.2, 0) is 19.4 Å². The van der Waals surface area contributed by atoms with Gasteiger partial charge < -0.3 is 5.11 Å². The maximum absolute atomic E-state index is 9.38. The number of thiazole rings is 1. The molecule has 1 fully saturated rings. The molecule has 1 aliphatic carbocycles. The second-order valence-corrected chi connectivity index (χ2v) is 7.06. The first-order valence-electron chi connectivity index (χ1n) is 7.85. The Morgan fingerprint density at radius 3 is 2.70 bits per heavy atom. The lowest BCUT2D eigenvalue weighted by Gasteiger charge is -2.38. The van der Waals surface area contributed by atoms with Crippen LogP contribution in [0.2, 0.25) is 0 Å². The molecule has 0 spiro atoms.